The van der Waals surface area contributed by atoms with E-state index in [1.165, 1.54) is 6.33 Å². The molecule has 0 bridgehead atoms. The number of halogens is 1. The Labute approximate surface area is 206 Å². The van der Waals surface area contributed by atoms with E-state index in [4.69, 9.17) is 10.5 Å². The van der Waals surface area contributed by atoms with E-state index in [1.54, 1.807) is 24.2 Å². The lowest BCUT2D eigenvalue weighted by Crippen LogP contribution is -2.62. The molecular weight excluding hydrogens is 498 g/mol. The van der Waals surface area contributed by atoms with E-state index in [9.17, 15) is 9.59 Å². The maximum atomic E-state index is 13.1. The number of amides is 1. The summed E-state index contributed by atoms with van der Waals surface area (Å²) in [6.07, 6.45) is 5.68. The van der Waals surface area contributed by atoms with Crippen LogP contribution in [0.3, 0.4) is 0 Å². The molecule has 3 aromatic rings. The van der Waals surface area contributed by atoms with Crippen molar-refractivity contribution in [2.45, 2.75) is 18.6 Å². The zero-order valence-electron chi connectivity index (χ0n) is 18.8. The van der Waals surface area contributed by atoms with Gasteiger partial charge in [0.2, 0.25) is 5.91 Å². The number of nitrogens with two attached hydrogens (primary N) is 1. The maximum absolute atomic E-state index is 13.1. The average molecular weight is 524 g/mol. The molecule has 1 aromatic heterocycles. The highest BCUT2D eigenvalue weighted by atomic mass is 79.9. The molecular formula is C25H26BrN5O3. The molecule has 9 heteroatoms. The number of hydrogen-bond donors (Lipinski definition) is 1. The van der Waals surface area contributed by atoms with Crippen LogP contribution in [-0.2, 0) is 20.9 Å². The fourth-order valence-electron chi connectivity index (χ4n) is 4.30. The Morgan fingerprint density at radius 3 is 2.85 bits per heavy atom. The van der Waals surface area contributed by atoms with Crippen LogP contribution in [0, 0.1) is 0 Å². The minimum atomic E-state index is -0.497. The van der Waals surface area contributed by atoms with E-state index in [0.29, 0.717) is 25.5 Å². The Bertz CT molecular complexity index is 1220. The lowest BCUT2D eigenvalue weighted by molar-refractivity contribution is -0.138. The summed E-state index contributed by atoms with van der Waals surface area (Å²) in [6.45, 7) is 1.85. The van der Waals surface area contributed by atoms with Crippen molar-refractivity contribution in [2.24, 2.45) is 0 Å². The molecule has 0 radical (unpaired) electrons. The molecule has 4 rings (SSSR count). The van der Waals surface area contributed by atoms with Gasteiger partial charge in [0.05, 0.1) is 24.2 Å². The van der Waals surface area contributed by atoms with Crippen LogP contribution < -0.4 is 5.73 Å². The Morgan fingerprint density at radius 1 is 1.24 bits per heavy atom. The molecule has 1 aliphatic heterocycles. The first-order valence-electron chi connectivity index (χ1n) is 10.9. The molecule has 176 valence electrons. The molecule has 0 spiro atoms. The summed E-state index contributed by atoms with van der Waals surface area (Å²) < 4.78 is 6.34. The van der Waals surface area contributed by atoms with Crippen LogP contribution >= 0.6 is 15.9 Å². The largest absolute Gasteiger partial charge is 0.383 e. The van der Waals surface area contributed by atoms with Gasteiger partial charge in [-0.25, -0.2) is 9.97 Å². The van der Waals surface area contributed by atoms with Crippen molar-refractivity contribution >= 4 is 50.9 Å². The summed E-state index contributed by atoms with van der Waals surface area (Å²) in [5.74, 6) is 0.289. The molecule has 1 fully saturated rings. The van der Waals surface area contributed by atoms with Crippen LogP contribution in [0.1, 0.15) is 11.1 Å². The number of benzene rings is 2. The van der Waals surface area contributed by atoms with Gasteiger partial charge in [0, 0.05) is 42.7 Å². The second-order valence-corrected chi connectivity index (χ2v) is 9.07. The van der Waals surface area contributed by atoms with Crippen molar-refractivity contribution in [1.29, 1.82) is 0 Å². The molecule has 2 aromatic carbocycles. The number of rotatable bonds is 7. The summed E-state index contributed by atoms with van der Waals surface area (Å²) in [7, 11) is 1.58. The third-order valence-corrected chi connectivity index (χ3v) is 6.48. The third-order valence-electron chi connectivity index (χ3n) is 5.99. The molecule has 2 heterocycles. The number of ether oxygens (including phenoxy) is 1. The second-order valence-electron chi connectivity index (χ2n) is 8.15. The van der Waals surface area contributed by atoms with Gasteiger partial charge in [-0.05, 0) is 41.5 Å². The summed E-state index contributed by atoms with van der Waals surface area (Å²) in [5.41, 5.74) is 8.61. The Balaban J connectivity index is 1.52. The van der Waals surface area contributed by atoms with Crippen LogP contribution in [0.15, 0.2) is 59.3 Å². The van der Waals surface area contributed by atoms with E-state index < -0.39 is 12.1 Å². The minimum Gasteiger partial charge on any atom is -0.383 e. The number of nitrogen functional groups attached to an aromatic ring is 1. The summed E-state index contributed by atoms with van der Waals surface area (Å²) >= 11 is 3.44. The number of hydrogen-bond acceptors (Lipinski definition) is 7. The van der Waals surface area contributed by atoms with Gasteiger partial charge in [-0.2, -0.15) is 0 Å². The molecule has 1 aliphatic rings. The highest BCUT2D eigenvalue weighted by Gasteiger charge is 2.38. The first-order valence-corrected chi connectivity index (χ1v) is 11.7. The van der Waals surface area contributed by atoms with E-state index in [0.717, 1.165) is 32.8 Å². The van der Waals surface area contributed by atoms with E-state index >= 15 is 0 Å². The zero-order chi connectivity index (χ0) is 24.1. The van der Waals surface area contributed by atoms with Gasteiger partial charge in [0.25, 0.3) is 0 Å². The van der Waals surface area contributed by atoms with Crippen molar-refractivity contribution < 1.29 is 14.3 Å². The van der Waals surface area contributed by atoms with Gasteiger partial charge in [-0.3, -0.25) is 9.69 Å². The topological polar surface area (TPSA) is 102 Å². The molecule has 2 N–H and O–H groups in total. The van der Waals surface area contributed by atoms with Gasteiger partial charge in [0.1, 0.15) is 18.4 Å². The SMILES string of the molecule is COC[C@@H]1C(C=O)N(Cc2ccc3c(N)ncnc3c2)CCN1C(=O)C=Cc1cccc(Br)c1. The number of fused-ring (bicyclic) bond motifs is 1. The number of piperazine rings is 1. The van der Waals surface area contributed by atoms with Crippen molar-refractivity contribution in [3.05, 3.63) is 70.5 Å². The van der Waals surface area contributed by atoms with Gasteiger partial charge < -0.3 is 20.2 Å². The van der Waals surface area contributed by atoms with Gasteiger partial charge in [0.15, 0.2) is 0 Å². The molecule has 34 heavy (non-hydrogen) atoms. The number of methoxy groups -OCH3 is 1. The fraction of sp³-hybridized carbons (Fsp3) is 0.280. The summed E-state index contributed by atoms with van der Waals surface area (Å²) in [4.78, 5) is 37.4. The third kappa shape index (κ3) is 5.32. The number of nitrogens with zero attached hydrogens (tertiary/aromatic N) is 4. The number of carbonyl (C=O) groups is 2. The lowest BCUT2D eigenvalue weighted by Gasteiger charge is -2.45. The standard InChI is InChI=1S/C25H26BrN5O3/c1-34-15-23-22(14-32)30(13-18-5-7-20-21(12-18)28-16-29-25(20)27)9-10-31(23)24(33)8-6-17-3-2-4-19(26)11-17/h2-8,11-12,14,16,22-23H,9-10,13,15H2,1H3,(H2,27,28,29)/t22?,23-/m1/s1. The maximum Gasteiger partial charge on any atom is 0.247 e. The molecule has 2 atom stereocenters. The van der Waals surface area contributed by atoms with E-state index in [-0.39, 0.29) is 12.5 Å². The molecule has 0 aliphatic carbocycles. The number of aldehydes is 1. The van der Waals surface area contributed by atoms with E-state index in [1.807, 2.05) is 42.5 Å². The number of carbonyl (C=O) groups excluding carboxylic acids is 2. The average Bonchev–Trinajstić information content (AvgIpc) is 2.83. The highest BCUT2D eigenvalue weighted by Crippen LogP contribution is 2.23. The Hall–Kier alpha value is -3.14. The van der Waals surface area contributed by atoms with Gasteiger partial charge >= 0.3 is 0 Å². The minimum absolute atomic E-state index is 0.147. The quantitative estimate of drug-likeness (QED) is 0.375. The highest BCUT2D eigenvalue weighted by molar-refractivity contribution is 9.10. The van der Waals surface area contributed by atoms with Crippen molar-refractivity contribution in [2.75, 3.05) is 32.5 Å². The van der Waals surface area contributed by atoms with Crippen LogP contribution in [0.5, 0.6) is 0 Å². The smallest absolute Gasteiger partial charge is 0.247 e. The second kappa shape index (κ2) is 10.9. The van der Waals surface area contributed by atoms with Crippen LogP contribution in [0.2, 0.25) is 0 Å². The number of aromatic nitrogens is 2. The van der Waals surface area contributed by atoms with Gasteiger partial charge in [-0.15, -0.1) is 0 Å². The monoisotopic (exact) mass is 523 g/mol. The first kappa shape index (κ1) is 24.0. The summed E-state index contributed by atoms with van der Waals surface area (Å²) in [5, 5.41) is 0.795. The predicted molar refractivity (Wildman–Crippen MR) is 135 cm³/mol. The van der Waals surface area contributed by atoms with Crippen molar-refractivity contribution in [1.82, 2.24) is 19.8 Å². The van der Waals surface area contributed by atoms with Crippen LogP contribution in [-0.4, -0.2) is 70.9 Å². The van der Waals surface area contributed by atoms with E-state index in [2.05, 4.69) is 30.8 Å². The Morgan fingerprint density at radius 2 is 2.09 bits per heavy atom. The molecule has 1 unspecified atom stereocenters. The van der Waals surface area contributed by atoms with Crippen molar-refractivity contribution in [3.8, 4) is 0 Å². The zero-order valence-corrected chi connectivity index (χ0v) is 20.4. The first-order chi connectivity index (χ1) is 16.5. The van der Waals surface area contributed by atoms with Crippen molar-refractivity contribution in [3.63, 3.8) is 0 Å². The van der Waals surface area contributed by atoms with Crippen LogP contribution in [0.4, 0.5) is 5.82 Å². The molecule has 1 saturated heterocycles. The summed E-state index contributed by atoms with van der Waals surface area (Å²) in [6, 6.07) is 12.6. The van der Waals surface area contributed by atoms with Crippen LogP contribution in [0.25, 0.3) is 17.0 Å². The van der Waals surface area contributed by atoms with Gasteiger partial charge in [-0.1, -0.05) is 34.1 Å². The molecule has 8 nitrogen and oxygen atoms in total. The molecule has 1 amide bonds. The number of anilines is 1. The normalized spacial score (nSPS) is 19.1. The molecule has 0 saturated carbocycles. The lowest BCUT2D eigenvalue weighted by atomic mass is 10.0. The predicted octanol–water partition coefficient (Wildman–Crippen LogP) is 2.91. The Kier molecular flexibility index (Phi) is 7.66. The fourth-order valence-corrected chi connectivity index (χ4v) is 4.72.